The van der Waals surface area contributed by atoms with E-state index in [4.69, 9.17) is 4.42 Å². The molecule has 0 N–H and O–H groups in total. The third-order valence-corrected chi connectivity index (χ3v) is 14.3. The molecular formula is C61H40N2OS. The van der Waals surface area contributed by atoms with Gasteiger partial charge in [0.1, 0.15) is 11.2 Å². The molecule has 65 heavy (non-hydrogen) atoms. The maximum absolute atomic E-state index is 6.46. The lowest BCUT2D eigenvalue weighted by Crippen LogP contribution is -2.14. The van der Waals surface area contributed by atoms with Crippen LogP contribution < -0.4 is 4.90 Å². The van der Waals surface area contributed by atoms with Gasteiger partial charge in [-0.3, -0.25) is 0 Å². The maximum atomic E-state index is 6.46. The van der Waals surface area contributed by atoms with Gasteiger partial charge < -0.3 is 13.9 Å². The van der Waals surface area contributed by atoms with Crippen molar-refractivity contribution >= 4 is 72.4 Å². The predicted molar refractivity (Wildman–Crippen MR) is 272 cm³/mol. The van der Waals surface area contributed by atoms with Crippen molar-refractivity contribution in [1.82, 2.24) is 4.57 Å². The lowest BCUT2D eigenvalue weighted by molar-refractivity contribution is 0.669. The molecule has 3 heterocycles. The van der Waals surface area contributed by atoms with Gasteiger partial charge in [0, 0.05) is 43.3 Å². The van der Waals surface area contributed by atoms with Crippen LogP contribution in [-0.4, -0.2) is 4.57 Å². The summed E-state index contributed by atoms with van der Waals surface area (Å²) in [6.07, 6.45) is 0. The summed E-state index contributed by atoms with van der Waals surface area (Å²) in [7, 11) is 0. The van der Waals surface area contributed by atoms with Crippen LogP contribution in [0.2, 0.25) is 0 Å². The lowest BCUT2D eigenvalue weighted by Gasteiger charge is -2.28. The van der Waals surface area contributed by atoms with E-state index in [1.54, 1.807) is 0 Å². The summed E-state index contributed by atoms with van der Waals surface area (Å²) in [6.45, 7) is 0. The highest BCUT2D eigenvalue weighted by atomic mass is 32.2. The number of furan rings is 1. The minimum atomic E-state index is 0.0637. The minimum absolute atomic E-state index is 0.0637. The van der Waals surface area contributed by atoms with Gasteiger partial charge in [0.15, 0.2) is 0 Å². The molecule has 1 aliphatic rings. The Hall–Kier alpha value is -8.05. The summed E-state index contributed by atoms with van der Waals surface area (Å²) >= 11 is 1.90. The molecular weight excluding hydrogens is 809 g/mol. The van der Waals surface area contributed by atoms with Gasteiger partial charge in [0.2, 0.25) is 0 Å². The van der Waals surface area contributed by atoms with Crippen molar-refractivity contribution < 1.29 is 4.42 Å². The highest BCUT2D eigenvalue weighted by molar-refractivity contribution is 7.99. The van der Waals surface area contributed by atoms with Crippen molar-refractivity contribution in [1.29, 1.82) is 0 Å². The third-order valence-electron chi connectivity index (χ3n) is 13.1. The number of hydrogen-bond acceptors (Lipinski definition) is 3. The number of aromatic nitrogens is 1. The van der Waals surface area contributed by atoms with E-state index in [-0.39, 0.29) is 5.92 Å². The Balaban J connectivity index is 0.988. The average Bonchev–Trinajstić information content (AvgIpc) is 3.93. The van der Waals surface area contributed by atoms with Crippen LogP contribution in [0.25, 0.3) is 71.6 Å². The molecule has 0 radical (unpaired) electrons. The van der Waals surface area contributed by atoms with Gasteiger partial charge in [-0.05, 0) is 111 Å². The molecule has 0 saturated heterocycles. The molecule has 4 heteroatoms. The zero-order valence-corrected chi connectivity index (χ0v) is 36.1. The number of anilines is 3. The molecule has 0 fully saturated rings. The molecule has 3 nitrogen and oxygen atoms in total. The highest BCUT2D eigenvalue weighted by Gasteiger charge is 2.35. The molecule has 306 valence electrons. The van der Waals surface area contributed by atoms with E-state index in [9.17, 15) is 0 Å². The number of nitrogens with zero attached hydrogens (tertiary/aromatic N) is 2. The van der Waals surface area contributed by atoms with E-state index in [1.165, 1.54) is 70.5 Å². The molecule has 0 unspecified atom stereocenters. The van der Waals surface area contributed by atoms with Gasteiger partial charge in [-0.2, -0.15) is 0 Å². The van der Waals surface area contributed by atoms with Gasteiger partial charge in [-0.25, -0.2) is 0 Å². The largest absolute Gasteiger partial charge is 0.456 e. The molecule has 0 saturated carbocycles. The van der Waals surface area contributed by atoms with E-state index in [1.807, 2.05) is 17.8 Å². The first-order valence-corrected chi connectivity index (χ1v) is 23.0. The minimum Gasteiger partial charge on any atom is -0.456 e. The second-order valence-electron chi connectivity index (χ2n) is 16.8. The van der Waals surface area contributed by atoms with Crippen molar-refractivity contribution in [2.75, 3.05) is 4.90 Å². The number of benzene rings is 10. The Bertz CT molecular complexity index is 3730. The number of hydrogen-bond donors (Lipinski definition) is 0. The standard InChI is InChI=1S/C61H40N2OS/c1-3-17-43(18-4-1)57-51-24-10-12-31-56(51)65-61-59-49(26-14-27-53(59)63(60(57)61)44-20-5-2-6-21-44)42-34-38-46(39-35-42)62(52-28-15-30-55-58(52)50-23-9-11-29-54(50)64-55)45-36-32-41(33-37-45)48-25-13-19-40-16-7-8-22-47(40)48/h1-39,57H/t57-/m0/s1. The molecule has 13 rings (SSSR count). The second kappa shape index (κ2) is 15.3. The van der Waals surface area contributed by atoms with Crippen LogP contribution in [0.1, 0.15) is 22.7 Å². The van der Waals surface area contributed by atoms with Crippen LogP contribution in [0, 0.1) is 0 Å². The Morgan fingerprint density at radius 1 is 0.446 bits per heavy atom. The summed E-state index contributed by atoms with van der Waals surface area (Å²) in [4.78, 5) is 4.99. The smallest absolute Gasteiger partial charge is 0.137 e. The highest BCUT2D eigenvalue weighted by Crippen LogP contribution is 2.55. The van der Waals surface area contributed by atoms with E-state index in [0.29, 0.717) is 0 Å². The molecule has 2 aromatic heterocycles. The fourth-order valence-corrected chi connectivity index (χ4v) is 11.6. The molecule has 0 spiro atoms. The first-order valence-electron chi connectivity index (χ1n) is 22.2. The monoisotopic (exact) mass is 848 g/mol. The SMILES string of the molecule is c1ccc([C@H]2c3ccccc3Sc3c2n(-c2ccccc2)c2cccc(-c4ccc(N(c5ccc(-c6cccc7ccccc67)cc5)c5cccc6oc7ccccc7c56)cc4)c32)cc1. The van der Waals surface area contributed by atoms with Crippen LogP contribution >= 0.6 is 11.8 Å². The van der Waals surface area contributed by atoms with Crippen LogP contribution in [0.4, 0.5) is 17.1 Å². The van der Waals surface area contributed by atoms with Gasteiger partial charge in [-0.15, -0.1) is 0 Å². The van der Waals surface area contributed by atoms with Crippen molar-refractivity contribution in [2.45, 2.75) is 15.7 Å². The fourth-order valence-electron chi connectivity index (χ4n) is 10.3. The van der Waals surface area contributed by atoms with Crippen molar-refractivity contribution in [2.24, 2.45) is 0 Å². The zero-order chi connectivity index (χ0) is 42.8. The number of rotatable bonds is 7. The predicted octanol–water partition coefficient (Wildman–Crippen LogP) is 17.1. The van der Waals surface area contributed by atoms with Crippen LogP contribution in [0.3, 0.4) is 0 Å². The summed E-state index contributed by atoms with van der Waals surface area (Å²) in [6, 6.07) is 85.8. The van der Waals surface area contributed by atoms with E-state index >= 15 is 0 Å². The second-order valence-corrected chi connectivity index (χ2v) is 17.8. The molecule has 0 bridgehead atoms. The molecule has 1 aliphatic heterocycles. The molecule has 0 amide bonds. The van der Waals surface area contributed by atoms with Crippen LogP contribution in [0.5, 0.6) is 0 Å². The Kier molecular flexibility index (Phi) is 8.85. The Labute approximate surface area is 381 Å². The zero-order valence-electron chi connectivity index (χ0n) is 35.3. The normalized spacial score (nSPS) is 13.3. The molecule has 12 aromatic rings. The maximum Gasteiger partial charge on any atom is 0.137 e. The van der Waals surface area contributed by atoms with Gasteiger partial charge in [0.05, 0.1) is 22.5 Å². The molecule has 0 aliphatic carbocycles. The summed E-state index contributed by atoms with van der Waals surface area (Å²) < 4.78 is 8.97. The van der Waals surface area contributed by atoms with Gasteiger partial charge in [-0.1, -0.05) is 182 Å². The van der Waals surface area contributed by atoms with Crippen LogP contribution in [0.15, 0.2) is 251 Å². The third kappa shape index (κ3) is 6.13. The Morgan fingerprint density at radius 3 is 1.85 bits per heavy atom. The topological polar surface area (TPSA) is 21.3 Å². The number of para-hydroxylation sites is 2. The van der Waals surface area contributed by atoms with Crippen molar-refractivity contribution in [3.05, 3.63) is 253 Å². The molecule has 1 atom stereocenters. The van der Waals surface area contributed by atoms with E-state index in [0.717, 1.165) is 44.7 Å². The summed E-state index contributed by atoms with van der Waals surface area (Å²) in [5, 5.41) is 5.95. The fraction of sp³-hybridized carbons (Fsp3) is 0.0164. The van der Waals surface area contributed by atoms with E-state index in [2.05, 4.69) is 240 Å². The van der Waals surface area contributed by atoms with Gasteiger partial charge >= 0.3 is 0 Å². The first kappa shape index (κ1) is 37.5. The van der Waals surface area contributed by atoms with Crippen molar-refractivity contribution in [3.63, 3.8) is 0 Å². The molecule has 10 aromatic carbocycles. The Morgan fingerprint density at radius 2 is 1.05 bits per heavy atom. The van der Waals surface area contributed by atoms with Crippen molar-refractivity contribution in [3.8, 4) is 27.9 Å². The van der Waals surface area contributed by atoms with Crippen LogP contribution in [-0.2, 0) is 0 Å². The summed E-state index contributed by atoms with van der Waals surface area (Å²) in [5.74, 6) is 0.0637. The lowest BCUT2D eigenvalue weighted by atomic mass is 9.87. The quantitative estimate of drug-likeness (QED) is 0.159. The van der Waals surface area contributed by atoms with Gasteiger partial charge in [0.25, 0.3) is 0 Å². The van der Waals surface area contributed by atoms with E-state index < -0.39 is 0 Å². The summed E-state index contributed by atoms with van der Waals surface area (Å²) in [5.41, 5.74) is 16.0. The first-order chi connectivity index (χ1) is 32.3. The number of fused-ring (bicyclic) bond motifs is 8. The average molecular weight is 849 g/mol.